The van der Waals surface area contributed by atoms with Crippen molar-refractivity contribution in [3.63, 3.8) is 0 Å². The second-order valence-electron chi connectivity index (χ2n) is 4.93. The second-order valence-corrected chi connectivity index (χ2v) is 7.07. The first-order valence-electron chi connectivity index (χ1n) is 7.01. The normalized spacial score (nSPS) is 16.1. The second kappa shape index (κ2) is 7.95. The Labute approximate surface area is 136 Å². The first-order chi connectivity index (χ1) is 10.5. The fourth-order valence-electron chi connectivity index (χ4n) is 2.08. The minimum atomic E-state index is -3.59. The van der Waals surface area contributed by atoms with Gasteiger partial charge < -0.3 is 4.74 Å². The summed E-state index contributed by atoms with van der Waals surface area (Å²) in [6.45, 7) is 5.57. The Balaban J connectivity index is 1.89. The Morgan fingerprint density at radius 2 is 2.05 bits per heavy atom. The number of sulfonamides is 1. The van der Waals surface area contributed by atoms with E-state index in [1.54, 1.807) is 19.1 Å². The van der Waals surface area contributed by atoms with Gasteiger partial charge in [-0.15, -0.1) is 0 Å². The highest BCUT2D eigenvalue weighted by Crippen LogP contribution is 2.22. The van der Waals surface area contributed by atoms with Crippen LogP contribution in [0.4, 0.5) is 0 Å². The molecule has 0 aliphatic carbocycles. The van der Waals surface area contributed by atoms with Crippen LogP contribution in [0.2, 0.25) is 5.02 Å². The molecule has 0 atom stereocenters. The molecular weight excluding hydrogens is 324 g/mol. The highest BCUT2D eigenvalue weighted by atomic mass is 35.5. The van der Waals surface area contributed by atoms with Gasteiger partial charge in [0.05, 0.1) is 31.2 Å². The highest BCUT2D eigenvalue weighted by molar-refractivity contribution is 7.89. The number of hydrogen-bond donors (Lipinski definition) is 1. The molecule has 1 heterocycles. The number of rotatable bonds is 4. The number of ether oxygens (including phenoxy) is 1. The van der Waals surface area contributed by atoms with Crippen LogP contribution in [0.15, 0.2) is 23.1 Å². The maximum atomic E-state index is 12.2. The number of halogens is 1. The van der Waals surface area contributed by atoms with Crippen molar-refractivity contribution in [1.29, 1.82) is 0 Å². The largest absolute Gasteiger partial charge is 0.379 e. The quantitative estimate of drug-likeness (QED) is 0.837. The topological polar surface area (TPSA) is 58.6 Å². The summed E-state index contributed by atoms with van der Waals surface area (Å²) in [5.74, 6) is 5.81. The molecule has 1 N–H and O–H groups in total. The van der Waals surface area contributed by atoms with Gasteiger partial charge in [-0.3, -0.25) is 4.90 Å². The van der Waals surface area contributed by atoms with E-state index in [9.17, 15) is 8.42 Å². The van der Waals surface area contributed by atoms with Crippen molar-refractivity contribution in [1.82, 2.24) is 9.62 Å². The molecule has 1 aromatic rings. The van der Waals surface area contributed by atoms with Crippen LogP contribution in [0.1, 0.15) is 5.56 Å². The van der Waals surface area contributed by atoms with Crippen molar-refractivity contribution in [2.24, 2.45) is 0 Å². The summed E-state index contributed by atoms with van der Waals surface area (Å²) in [5.41, 5.74) is 0.540. The van der Waals surface area contributed by atoms with Gasteiger partial charge in [-0.2, -0.15) is 4.72 Å². The van der Waals surface area contributed by atoms with Crippen LogP contribution in [0, 0.1) is 18.8 Å². The van der Waals surface area contributed by atoms with E-state index in [0.29, 0.717) is 17.1 Å². The van der Waals surface area contributed by atoms with Gasteiger partial charge in [0.2, 0.25) is 10.0 Å². The molecule has 1 saturated heterocycles. The van der Waals surface area contributed by atoms with Crippen LogP contribution in [0.25, 0.3) is 0 Å². The van der Waals surface area contributed by atoms with E-state index >= 15 is 0 Å². The number of benzene rings is 1. The Hall–Kier alpha value is -1.10. The van der Waals surface area contributed by atoms with Gasteiger partial charge in [-0.25, -0.2) is 8.42 Å². The molecule has 1 aliphatic rings. The van der Waals surface area contributed by atoms with E-state index in [2.05, 4.69) is 21.5 Å². The lowest BCUT2D eigenvalue weighted by atomic mass is 10.2. The van der Waals surface area contributed by atoms with Crippen molar-refractivity contribution < 1.29 is 13.2 Å². The zero-order valence-corrected chi connectivity index (χ0v) is 14.0. The summed E-state index contributed by atoms with van der Waals surface area (Å²) in [6, 6.07) is 4.82. The predicted octanol–water partition coefficient (Wildman–Crippen LogP) is 1.26. The molecule has 2 rings (SSSR count). The van der Waals surface area contributed by atoms with Gasteiger partial charge in [0.15, 0.2) is 0 Å². The first-order valence-corrected chi connectivity index (χ1v) is 8.87. The lowest BCUT2D eigenvalue weighted by Crippen LogP contribution is -2.36. The summed E-state index contributed by atoms with van der Waals surface area (Å²) in [6.07, 6.45) is 0. The van der Waals surface area contributed by atoms with Crippen molar-refractivity contribution in [3.8, 4) is 11.8 Å². The third-order valence-electron chi connectivity index (χ3n) is 3.39. The molecule has 0 aromatic heterocycles. The molecule has 0 saturated carbocycles. The molecule has 1 aliphatic heterocycles. The molecular formula is C15H19ClN2O3S. The molecule has 5 nitrogen and oxygen atoms in total. The molecule has 1 fully saturated rings. The van der Waals surface area contributed by atoms with E-state index in [4.69, 9.17) is 16.3 Å². The third kappa shape index (κ3) is 4.70. The van der Waals surface area contributed by atoms with Crippen molar-refractivity contribution in [2.75, 3.05) is 39.4 Å². The molecule has 120 valence electrons. The molecule has 0 amide bonds. The average molecular weight is 343 g/mol. The number of nitrogens with one attached hydrogen (secondary N) is 1. The van der Waals surface area contributed by atoms with Crippen LogP contribution in [0.3, 0.4) is 0 Å². The minimum Gasteiger partial charge on any atom is -0.379 e. The molecule has 0 unspecified atom stereocenters. The zero-order chi connectivity index (χ0) is 16.0. The molecule has 22 heavy (non-hydrogen) atoms. The van der Waals surface area contributed by atoms with Gasteiger partial charge in [0, 0.05) is 18.1 Å². The Morgan fingerprint density at radius 1 is 1.32 bits per heavy atom. The zero-order valence-electron chi connectivity index (χ0n) is 12.4. The number of hydrogen-bond acceptors (Lipinski definition) is 4. The van der Waals surface area contributed by atoms with Crippen LogP contribution in [-0.4, -0.2) is 52.7 Å². The standard InChI is InChI=1S/C15H19ClN2O3S/c1-13-14(16)5-4-6-15(13)22(19,20)17-7-2-3-8-18-9-11-21-12-10-18/h4-6,17H,7-12H2,1H3. The Kier molecular flexibility index (Phi) is 6.24. The van der Waals surface area contributed by atoms with Crippen molar-refractivity contribution in [3.05, 3.63) is 28.8 Å². The van der Waals surface area contributed by atoms with E-state index in [1.807, 2.05) is 0 Å². The van der Waals surface area contributed by atoms with E-state index < -0.39 is 10.0 Å². The summed E-state index contributed by atoms with van der Waals surface area (Å²) in [5, 5.41) is 0.432. The van der Waals surface area contributed by atoms with E-state index in [0.717, 1.165) is 26.3 Å². The van der Waals surface area contributed by atoms with Crippen LogP contribution >= 0.6 is 11.6 Å². The monoisotopic (exact) mass is 342 g/mol. The van der Waals surface area contributed by atoms with Crippen LogP contribution in [0.5, 0.6) is 0 Å². The van der Waals surface area contributed by atoms with Crippen LogP contribution in [-0.2, 0) is 14.8 Å². The van der Waals surface area contributed by atoms with Gasteiger partial charge in [-0.05, 0) is 24.6 Å². The number of nitrogens with zero attached hydrogens (tertiary/aromatic N) is 1. The van der Waals surface area contributed by atoms with Gasteiger partial charge in [-0.1, -0.05) is 29.5 Å². The fourth-order valence-corrected chi connectivity index (χ4v) is 3.50. The van der Waals surface area contributed by atoms with Crippen molar-refractivity contribution >= 4 is 21.6 Å². The smallest absolute Gasteiger partial charge is 0.241 e. The molecule has 0 radical (unpaired) electrons. The summed E-state index contributed by atoms with van der Waals surface area (Å²) < 4.78 is 32.1. The average Bonchev–Trinajstić information content (AvgIpc) is 2.50. The molecule has 0 bridgehead atoms. The van der Waals surface area contributed by atoms with E-state index in [1.165, 1.54) is 6.07 Å². The highest BCUT2D eigenvalue weighted by Gasteiger charge is 2.16. The lowest BCUT2D eigenvalue weighted by Gasteiger charge is -2.24. The van der Waals surface area contributed by atoms with Gasteiger partial charge >= 0.3 is 0 Å². The van der Waals surface area contributed by atoms with Crippen molar-refractivity contribution in [2.45, 2.75) is 11.8 Å². The summed E-state index contributed by atoms with van der Waals surface area (Å²) in [7, 11) is -3.59. The van der Waals surface area contributed by atoms with Crippen LogP contribution < -0.4 is 4.72 Å². The summed E-state index contributed by atoms with van der Waals surface area (Å²) in [4.78, 5) is 2.36. The number of morpholine rings is 1. The fraction of sp³-hybridized carbons (Fsp3) is 0.467. The molecule has 0 spiro atoms. The van der Waals surface area contributed by atoms with Gasteiger partial charge in [0.25, 0.3) is 0 Å². The lowest BCUT2D eigenvalue weighted by molar-refractivity contribution is 0.0443. The molecule has 7 heteroatoms. The SMILES string of the molecule is Cc1c(Cl)cccc1S(=O)(=O)NCC#CCN1CCOCC1. The summed E-state index contributed by atoms with van der Waals surface area (Å²) >= 11 is 5.95. The van der Waals surface area contributed by atoms with E-state index in [-0.39, 0.29) is 11.4 Å². The Bertz CT molecular complexity index is 674. The molecule has 1 aromatic carbocycles. The maximum Gasteiger partial charge on any atom is 0.241 e. The third-order valence-corrected chi connectivity index (χ3v) is 5.34. The Morgan fingerprint density at radius 3 is 2.77 bits per heavy atom. The first kappa shape index (κ1) is 17.3. The predicted molar refractivity (Wildman–Crippen MR) is 86.4 cm³/mol. The van der Waals surface area contributed by atoms with Gasteiger partial charge in [0.1, 0.15) is 0 Å². The minimum absolute atomic E-state index is 0.0820. The maximum absolute atomic E-state index is 12.2.